The van der Waals surface area contributed by atoms with Crippen LogP contribution < -0.4 is 5.84 Å². The van der Waals surface area contributed by atoms with Crippen LogP contribution in [0.4, 0.5) is 0 Å². The molecule has 1 rings (SSSR count). The van der Waals surface area contributed by atoms with E-state index in [9.17, 15) is 5.21 Å². The predicted octanol–water partition coefficient (Wildman–Crippen LogP) is -0.880. The second-order valence-corrected chi connectivity index (χ2v) is 2.70. The summed E-state index contributed by atoms with van der Waals surface area (Å²) in [6, 6.07) is 0. The first-order valence-corrected chi connectivity index (χ1v) is 3.15. The molecule has 1 heterocycles. The van der Waals surface area contributed by atoms with Gasteiger partial charge in [0.15, 0.2) is 0 Å². The van der Waals surface area contributed by atoms with Crippen LogP contribution in [-0.4, -0.2) is 42.9 Å². The lowest BCUT2D eigenvalue weighted by Gasteiger charge is -2.42. The fraction of sp³-hybridized carbons (Fsp3) is 1.00. The minimum atomic E-state index is -0.551. The van der Waals surface area contributed by atoms with Gasteiger partial charge < -0.3 is 5.21 Å². The highest BCUT2D eigenvalue weighted by atomic mass is 16.6. The molecule has 9 heavy (non-hydrogen) atoms. The maximum atomic E-state index is 11.0. The minimum absolute atomic E-state index is 0.524. The predicted molar refractivity (Wildman–Crippen MR) is 35.0 cm³/mol. The molecule has 0 spiro atoms. The van der Waals surface area contributed by atoms with Crippen molar-refractivity contribution in [1.82, 2.24) is 4.90 Å². The Bertz CT molecular complexity index is 94.4. The Morgan fingerprint density at radius 2 is 1.89 bits per heavy atom. The van der Waals surface area contributed by atoms with Crippen LogP contribution in [0.2, 0.25) is 0 Å². The fourth-order valence-corrected chi connectivity index (χ4v) is 0.904. The normalized spacial score (nSPS) is 28.3. The molecular weight excluding hydrogens is 118 g/mol. The van der Waals surface area contributed by atoms with Gasteiger partial charge in [0.2, 0.25) is 0 Å². The topological polar surface area (TPSA) is 52.3 Å². The Labute approximate surface area is 55.0 Å². The standard InChI is InChI=1S/C5H13N3O/c1-7-2-4-8(6,9)5-3-7/h2-6H2,1H3. The summed E-state index contributed by atoms with van der Waals surface area (Å²) in [7, 11) is 2.00. The van der Waals surface area contributed by atoms with Crippen molar-refractivity contribution in [3.05, 3.63) is 5.21 Å². The second-order valence-electron chi connectivity index (χ2n) is 2.70. The van der Waals surface area contributed by atoms with Gasteiger partial charge in [0.25, 0.3) is 0 Å². The number of hydroxylamine groups is 2. The highest BCUT2D eigenvalue weighted by molar-refractivity contribution is 4.56. The lowest BCUT2D eigenvalue weighted by Crippen LogP contribution is -2.59. The molecule has 0 radical (unpaired) electrons. The third-order valence-corrected chi connectivity index (χ3v) is 1.72. The van der Waals surface area contributed by atoms with E-state index in [0.717, 1.165) is 13.1 Å². The molecule has 4 nitrogen and oxygen atoms in total. The van der Waals surface area contributed by atoms with E-state index in [4.69, 9.17) is 5.84 Å². The highest BCUT2D eigenvalue weighted by Crippen LogP contribution is 2.01. The van der Waals surface area contributed by atoms with E-state index in [1.807, 2.05) is 7.05 Å². The summed E-state index contributed by atoms with van der Waals surface area (Å²) in [4.78, 5) is 2.11. The Morgan fingerprint density at radius 3 is 2.22 bits per heavy atom. The van der Waals surface area contributed by atoms with Gasteiger partial charge in [-0.05, 0) is 7.05 Å². The molecule has 0 unspecified atom stereocenters. The summed E-state index contributed by atoms with van der Waals surface area (Å²) in [6.45, 7) is 2.69. The number of hydrogen-bond donors (Lipinski definition) is 1. The smallest absolute Gasteiger partial charge is 0.109 e. The van der Waals surface area contributed by atoms with Crippen LogP contribution in [0.3, 0.4) is 0 Å². The molecule has 1 fully saturated rings. The third-order valence-electron chi connectivity index (χ3n) is 1.72. The number of quaternary nitrogens is 1. The van der Waals surface area contributed by atoms with Crippen LogP contribution in [0.15, 0.2) is 0 Å². The van der Waals surface area contributed by atoms with Crippen molar-refractivity contribution in [2.24, 2.45) is 5.84 Å². The van der Waals surface area contributed by atoms with E-state index in [1.165, 1.54) is 0 Å². The van der Waals surface area contributed by atoms with Crippen molar-refractivity contribution >= 4 is 0 Å². The first-order valence-electron chi connectivity index (χ1n) is 3.15. The molecule has 0 atom stereocenters. The van der Waals surface area contributed by atoms with Gasteiger partial charge in [0, 0.05) is 13.1 Å². The van der Waals surface area contributed by atoms with E-state index in [1.54, 1.807) is 0 Å². The molecule has 0 saturated carbocycles. The largest absolute Gasteiger partial charge is 0.612 e. The number of hydrogen-bond acceptors (Lipinski definition) is 3. The van der Waals surface area contributed by atoms with Gasteiger partial charge in [-0.3, -0.25) is 9.66 Å². The van der Waals surface area contributed by atoms with Crippen molar-refractivity contribution in [2.45, 2.75) is 0 Å². The Hall–Kier alpha value is -0.160. The van der Waals surface area contributed by atoms with E-state index in [0.29, 0.717) is 13.1 Å². The van der Waals surface area contributed by atoms with E-state index in [2.05, 4.69) is 4.90 Å². The summed E-state index contributed by atoms with van der Waals surface area (Å²) in [6.07, 6.45) is 0. The van der Waals surface area contributed by atoms with Crippen LogP contribution >= 0.6 is 0 Å². The molecular formula is C5H13N3O. The molecule has 2 N–H and O–H groups in total. The number of nitrogens with zero attached hydrogens (tertiary/aromatic N) is 2. The van der Waals surface area contributed by atoms with Gasteiger partial charge in [-0.15, -0.1) is 0 Å². The molecule has 0 aromatic carbocycles. The molecule has 1 aliphatic rings. The Balaban J connectivity index is 2.35. The molecule has 0 aromatic heterocycles. The van der Waals surface area contributed by atoms with E-state index in [-0.39, 0.29) is 0 Å². The number of nitrogens with two attached hydrogens (primary N) is 1. The monoisotopic (exact) mass is 131 g/mol. The summed E-state index contributed by atoms with van der Waals surface area (Å²) in [5, 5.41) is 11.0. The maximum Gasteiger partial charge on any atom is 0.109 e. The first-order chi connectivity index (χ1) is 4.10. The van der Waals surface area contributed by atoms with Crippen molar-refractivity contribution in [2.75, 3.05) is 33.2 Å². The average Bonchev–Trinajstić information content (AvgIpc) is 1.78. The Morgan fingerprint density at radius 1 is 1.44 bits per heavy atom. The van der Waals surface area contributed by atoms with Crippen molar-refractivity contribution < 1.29 is 4.76 Å². The molecule has 1 saturated heterocycles. The summed E-state index contributed by atoms with van der Waals surface area (Å²) >= 11 is 0. The third kappa shape index (κ3) is 1.91. The zero-order chi connectivity index (χ0) is 6.91. The average molecular weight is 131 g/mol. The van der Waals surface area contributed by atoms with Gasteiger partial charge in [0.1, 0.15) is 13.1 Å². The van der Waals surface area contributed by atoms with Crippen LogP contribution in [-0.2, 0) is 0 Å². The molecule has 0 aliphatic carbocycles. The molecule has 0 amide bonds. The molecule has 4 heteroatoms. The molecule has 1 aliphatic heterocycles. The summed E-state index contributed by atoms with van der Waals surface area (Å²) in [5.41, 5.74) is 0. The zero-order valence-electron chi connectivity index (χ0n) is 5.71. The SMILES string of the molecule is CN1CC[N+](N)([O-])CC1. The second kappa shape index (κ2) is 2.22. The van der Waals surface area contributed by atoms with Crippen LogP contribution in [0.5, 0.6) is 0 Å². The molecule has 54 valence electrons. The van der Waals surface area contributed by atoms with Gasteiger partial charge in [-0.25, -0.2) is 0 Å². The van der Waals surface area contributed by atoms with Crippen molar-refractivity contribution in [1.29, 1.82) is 0 Å². The van der Waals surface area contributed by atoms with Crippen LogP contribution in [0.25, 0.3) is 0 Å². The number of rotatable bonds is 0. The number of piperazine rings is 1. The van der Waals surface area contributed by atoms with E-state index < -0.39 is 4.76 Å². The van der Waals surface area contributed by atoms with Crippen molar-refractivity contribution in [3.63, 3.8) is 0 Å². The fourth-order valence-electron chi connectivity index (χ4n) is 0.904. The van der Waals surface area contributed by atoms with Crippen molar-refractivity contribution in [3.8, 4) is 0 Å². The van der Waals surface area contributed by atoms with E-state index >= 15 is 0 Å². The quantitative estimate of drug-likeness (QED) is 0.264. The summed E-state index contributed by atoms with van der Waals surface area (Å²) in [5.74, 6) is 5.30. The minimum Gasteiger partial charge on any atom is -0.612 e. The first kappa shape index (κ1) is 6.95. The van der Waals surface area contributed by atoms with Gasteiger partial charge >= 0.3 is 0 Å². The maximum absolute atomic E-state index is 11.0. The lowest BCUT2D eigenvalue weighted by atomic mass is 10.4. The zero-order valence-corrected chi connectivity index (χ0v) is 5.71. The molecule has 0 aromatic rings. The summed E-state index contributed by atoms with van der Waals surface area (Å²) < 4.78 is -0.551. The highest BCUT2D eigenvalue weighted by Gasteiger charge is 2.18. The van der Waals surface area contributed by atoms with Gasteiger partial charge in [-0.2, -0.15) is 5.84 Å². The van der Waals surface area contributed by atoms with Gasteiger partial charge in [0.05, 0.1) is 0 Å². The van der Waals surface area contributed by atoms with Crippen LogP contribution in [0.1, 0.15) is 0 Å². The van der Waals surface area contributed by atoms with Gasteiger partial charge in [-0.1, -0.05) is 0 Å². The molecule has 0 bridgehead atoms. The lowest BCUT2D eigenvalue weighted by molar-refractivity contribution is -0.896. The Kier molecular flexibility index (Phi) is 1.72. The van der Waals surface area contributed by atoms with Crippen LogP contribution in [0, 0.1) is 5.21 Å². The number of likely N-dealkylation sites (N-methyl/N-ethyl adjacent to an activating group) is 1.